The molecule has 0 aliphatic carbocycles. The van der Waals surface area contributed by atoms with Gasteiger partial charge in [0.15, 0.2) is 0 Å². The summed E-state index contributed by atoms with van der Waals surface area (Å²) in [5.74, 6) is -0.616. The van der Waals surface area contributed by atoms with Gasteiger partial charge in [0.05, 0.1) is 25.2 Å². The zero-order valence-corrected chi connectivity index (χ0v) is 37.6. The number of amides is 1. The third-order valence-electron chi connectivity index (χ3n) is 10.4. The predicted octanol–water partition coefficient (Wildman–Crippen LogP) is 14.0. The number of unbranched alkanes of at least 4 members (excludes halogenated alkanes) is 20. The number of aliphatic hydroxyl groups is 2. The smallest absolute Gasteiger partial charge is 0.306 e. The van der Waals surface area contributed by atoms with Gasteiger partial charge >= 0.3 is 5.97 Å². The Kier molecular flexibility index (Phi) is 42.8. The van der Waals surface area contributed by atoms with Crippen molar-refractivity contribution in [3.05, 3.63) is 85.1 Å². The van der Waals surface area contributed by atoms with Crippen molar-refractivity contribution in [1.29, 1.82) is 0 Å². The average Bonchev–Trinajstić information content (AvgIpc) is 3.22. The topological polar surface area (TPSA) is 95.9 Å². The first-order valence-corrected chi connectivity index (χ1v) is 23.9. The van der Waals surface area contributed by atoms with Gasteiger partial charge in [-0.2, -0.15) is 0 Å². The highest BCUT2D eigenvalue weighted by Gasteiger charge is 2.23. The van der Waals surface area contributed by atoms with Gasteiger partial charge in [-0.25, -0.2) is 0 Å². The maximum absolute atomic E-state index is 13.1. The summed E-state index contributed by atoms with van der Waals surface area (Å²) in [7, 11) is 0. The van der Waals surface area contributed by atoms with Crippen molar-refractivity contribution >= 4 is 11.9 Å². The maximum Gasteiger partial charge on any atom is 0.306 e. The average molecular weight is 808 g/mol. The number of rotatable bonds is 41. The van der Waals surface area contributed by atoms with Gasteiger partial charge < -0.3 is 20.3 Å². The zero-order chi connectivity index (χ0) is 42.4. The van der Waals surface area contributed by atoms with Crippen molar-refractivity contribution in [3.63, 3.8) is 0 Å². The van der Waals surface area contributed by atoms with Crippen LogP contribution in [0, 0.1) is 0 Å². The molecule has 0 fully saturated rings. The molecule has 1 amide bonds. The molecule has 0 aliphatic rings. The van der Waals surface area contributed by atoms with E-state index in [1.54, 1.807) is 0 Å². The van der Waals surface area contributed by atoms with Crippen LogP contribution < -0.4 is 5.32 Å². The second-order valence-corrected chi connectivity index (χ2v) is 15.9. The van der Waals surface area contributed by atoms with Crippen molar-refractivity contribution in [2.45, 2.75) is 225 Å². The Morgan fingerprint density at radius 1 is 0.517 bits per heavy atom. The molecule has 6 heteroatoms. The van der Waals surface area contributed by atoms with E-state index in [0.29, 0.717) is 19.3 Å². The molecule has 332 valence electrons. The van der Waals surface area contributed by atoms with Gasteiger partial charge in [-0.15, -0.1) is 0 Å². The van der Waals surface area contributed by atoms with Gasteiger partial charge in [0.2, 0.25) is 5.91 Å². The summed E-state index contributed by atoms with van der Waals surface area (Å²) < 4.78 is 5.84. The number of hydrogen-bond donors (Lipinski definition) is 3. The largest absolute Gasteiger partial charge is 0.462 e. The van der Waals surface area contributed by atoms with Gasteiger partial charge in [0.1, 0.15) is 6.10 Å². The molecular formula is C52H89NO5. The molecule has 58 heavy (non-hydrogen) atoms. The minimum absolute atomic E-state index is 0.0118. The summed E-state index contributed by atoms with van der Waals surface area (Å²) in [6, 6.07) is -0.733. The maximum atomic E-state index is 13.1. The number of hydrogen-bond acceptors (Lipinski definition) is 5. The van der Waals surface area contributed by atoms with Crippen LogP contribution in [0.1, 0.15) is 207 Å². The van der Waals surface area contributed by atoms with E-state index < -0.39 is 18.2 Å². The molecule has 0 radical (unpaired) electrons. The normalized spacial score (nSPS) is 14.1. The van der Waals surface area contributed by atoms with Gasteiger partial charge in [0, 0.05) is 6.42 Å². The molecule has 0 aromatic rings. The highest BCUT2D eigenvalue weighted by Crippen LogP contribution is 2.16. The molecule has 0 rings (SSSR count). The molecule has 0 aliphatic heterocycles. The van der Waals surface area contributed by atoms with Crippen LogP contribution >= 0.6 is 0 Å². The minimum Gasteiger partial charge on any atom is -0.462 e. The molecule has 0 saturated heterocycles. The zero-order valence-electron chi connectivity index (χ0n) is 37.6. The minimum atomic E-state index is -0.814. The van der Waals surface area contributed by atoms with Crippen LogP contribution in [0.2, 0.25) is 0 Å². The van der Waals surface area contributed by atoms with Gasteiger partial charge in [-0.1, -0.05) is 221 Å². The number of allylic oxidation sites excluding steroid dienone is 14. The van der Waals surface area contributed by atoms with Crippen molar-refractivity contribution in [2.24, 2.45) is 0 Å². The molecule has 0 aromatic carbocycles. The Hall–Kier alpha value is -2.96. The predicted molar refractivity (Wildman–Crippen MR) is 250 cm³/mol. The first-order valence-electron chi connectivity index (χ1n) is 23.9. The quantitative estimate of drug-likeness (QED) is 0.0325. The second kappa shape index (κ2) is 45.1. The Morgan fingerprint density at radius 2 is 0.948 bits per heavy atom. The molecular weight excluding hydrogens is 719 g/mol. The van der Waals surface area contributed by atoms with Crippen molar-refractivity contribution in [2.75, 3.05) is 6.61 Å². The van der Waals surface area contributed by atoms with E-state index in [1.807, 2.05) is 54.7 Å². The Bertz CT molecular complexity index is 1130. The molecule has 3 atom stereocenters. The van der Waals surface area contributed by atoms with Crippen molar-refractivity contribution < 1.29 is 24.5 Å². The van der Waals surface area contributed by atoms with E-state index in [9.17, 15) is 19.8 Å². The molecule has 6 nitrogen and oxygen atoms in total. The van der Waals surface area contributed by atoms with Gasteiger partial charge in [-0.05, 0) is 57.8 Å². The number of esters is 1. The molecule has 0 heterocycles. The summed E-state index contributed by atoms with van der Waals surface area (Å²) in [6.45, 7) is 6.28. The lowest BCUT2D eigenvalue weighted by Crippen LogP contribution is -2.46. The number of carbonyl (C=O) groups is 2. The fourth-order valence-corrected chi connectivity index (χ4v) is 6.75. The van der Waals surface area contributed by atoms with Crippen LogP contribution in [0.15, 0.2) is 85.1 Å². The van der Waals surface area contributed by atoms with E-state index in [2.05, 4.69) is 56.5 Å². The Morgan fingerprint density at radius 3 is 1.47 bits per heavy atom. The van der Waals surface area contributed by atoms with Crippen LogP contribution in [-0.4, -0.2) is 46.9 Å². The lowest BCUT2D eigenvalue weighted by molar-refractivity contribution is -0.151. The van der Waals surface area contributed by atoms with E-state index in [0.717, 1.165) is 51.4 Å². The fraction of sp³-hybridized carbons (Fsp3) is 0.692. The monoisotopic (exact) mass is 808 g/mol. The lowest BCUT2D eigenvalue weighted by Gasteiger charge is -2.24. The van der Waals surface area contributed by atoms with Crippen LogP contribution in [0.3, 0.4) is 0 Å². The summed E-state index contributed by atoms with van der Waals surface area (Å²) in [5.41, 5.74) is 0. The summed E-state index contributed by atoms with van der Waals surface area (Å²) in [6.07, 6.45) is 57.9. The van der Waals surface area contributed by atoms with E-state index in [1.165, 1.54) is 103 Å². The first kappa shape index (κ1) is 55.0. The van der Waals surface area contributed by atoms with Crippen LogP contribution in [0.25, 0.3) is 0 Å². The highest BCUT2D eigenvalue weighted by molar-refractivity contribution is 5.77. The Balaban J connectivity index is 4.80. The third-order valence-corrected chi connectivity index (χ3v) is 10.4. The standard InChI is InChI=1S/C52H89NO5/c1-4-7-10-13-16-19-22-25-27-28-31-34-37-40-43-48(58-52(57)45-42-39-36-33-30-26-23-20-17-14-11-8-5-2)46-51(56)53-49(47-54)50(55)44-41-38-35-32-29-24-21-18-15-12-9-6-3/h8,11,14,17,20,23,26-28,30-31,33-34,36,48-50,54-55H,4-7,9-10,12-13,15-16,18-19,21-22,24-25,29,32,35,37-47H2,1-3H3,(H,53,56)/b11-8+,17-14+,23-20-,28-27+,30-26-,34-31+,36-33+. The fourth-order valence-electron chi connectivity index (χ4n) is 6.75. The third kappa shape index (κ3) is 39.8. The van der Waals surface area contributed by atoms with Crippen LogP contribution in [0.4, 0.5) is 0 Å². The molecule has 0 bridgehead atoms. The van der Waals surface area contributed by atoms with Crippen LogP contribution in [0.5, 0.6) is 0 Å². The second-order valence-electron chi connectivity index (χ2n) is 15.9. The number of aliphatic hydroxyl groups excluding tert-OH is 2. The summed E-state index contributed by atoms with van der Waals surface area (Å²) >= 11 is 0. The molecule has 0 spiro atoms. The van der Waals surface area contributed by atoms with E-state index in [-0.39, 0.29) is 31.3 Å². The first-order chi connectivity index (χ1) is 28.5. The van der Waals surface area contributed by atoms with E-state index >= 15 is 0 Å². The molecule has 3 unspecified atom stereocenters. The van der Waals surface area contributed by atoms with E-state index in [4.69, 9.17) is 4.74 Å². The van der Waals surface area contributed by atoms with Gasteiger partial charge in [0.25, 0.3) is 0 Å². The highest BCUT2D eigenvalue weighted by atomic mass is 16.5. The SMILES string of the molecule is CC/C=C/C=C/C=C\C=C/C=C/CCCC(=O)OC(CCC/C=C/C=C/CCCCCCCCC)CC(=O)NC(CO)C(O)CCCCCCCCCCCCCC. The van der Waals surface area contributed by atoms with Crippen LogP contribution in [-0.2, 0) is 14.3 Å². The summed E-state index contributed by atoms with van der Waals surface area (Å²) in [5, 5.41) is 23.6. The van der Waals surface area contributed by atoms with Crippen molar-refractivity contribution in [3.8, 4) is 0 Å². The lowest BCUT2D eigenvalue weighted by atomic mass is 10.0. The summed E-state index contributed by atoms with van der Waals surface area (Å²) in [4.78, 5) is 26.0. The number of nitrogens with one attached hydrogen (secondary N) is 1. The van der Waals surface area contributed by atoms with Crippen molar-refractivity contribution in [1.82, 2.24) is 5.32 Å². The number of carbonyl (C=O) groups excluding carboxylic acids is 2. The molecule has 3 N–H and O–H groups in total. The van der Waals surface area contributed by atoms with Gasteiger partial charge in [-0.3, -0.25) is 9.59 Å². The molecule has 0 saturated carbocycles. The molecule has 0 aromatic heterocycles. The number of ether oxygens (including phenoxy) is 1. The Labute approximate surface area is 357 Å².